The van der Waals surface area contributed by atoms with Crippen LogP contribution in [0.3, 0.4) is 0 Å². The molecule has 2 heterocycles. The van der Waals surface area contributed by atoms with E-state index in [1.54, 1.807) is 0 Å². The number of hydrogen-bond acceptors (Lipinski definition) is 3. The molecule has 5 rings (SSSR count). The lowest BCUT2D eigenvalue weighted by atomic mass is 9.95. The number of fused-ring (bicyclic) bond motifs is 3. The summed E-state index contributed by atoms with van der Waals surface area (Å²) in [5, 5.41) is 7.17. The van der Waals surface area contributed by atoms with Crippen LogP contribution in [0.5, 0.6) is 5.75 Å². The third-order valence-electron chi connectivity index (χ3n) is 5.75. The molecule has 0 spiro atoms. The predicted octanol–water partition coefficient (Wildman–Crippen LogP) is 6.81. The van der Waals surface area contributed by atoms with E-state index in [4.69, 9.17) is 9.84 Å². The predicted molar refractivity (Wildman–Crippen MR) is 120 cm³/mol. The average Bonchev–Trinajstić information content (AvgIpc) is 3.20. The lowest BCUT2D eigenvalue weighted by Gasteiger charge is -2.38. The molecule has 0 bridgehead atoms. The molecule has 0 aliphatic carbocycles. The zero-order valence-corrected chi connectivity index (χ0v) is 18.1. The maximum absolute atomic E-state index is 6.47. The maximum Gasteiger partial charge on any atom is 0.213 e. The molecule has 0 fully saturated rings. The van der Waals surface area contributed by atoms with Gasteiger partial charge in [0.05, 0.1) is 11.8 Å². The van der Waals surface area contributed by atoms with Gasteiger partial charge in [-0.1, -0.05) is 84.4 Å². The Morgan fingerprint density at radius 1 is 1.00 bits per heavy atom. The van der Waals surface area contributed by atoms with Crippen LogP contribution in [-0.4, -0.2) is 10.7 Å². The van der Waals surface area contributed by atoms with Crippen molar-refractivity contribution in [3.63, 3.8) is 0 Å². The molecule has 29 heavy (non-hydrogen) atoms. The van der Waals surface area contributed by atoms with Crippen LogP contribution in [0.4, 0.5) is 0 Å². The van der Waals surface area contributed by atoms with Crippen molar-refractivity contribution in [1.82, 2.24) is 5.01 Å². The second-order valence-corrected chi connectivity index (χ2v) is 8.90. The van der Waals surface area contributed by atoms with Crippen molar-refractivity contribution in [2.45, 2.75) is 38.5 Å². The highest BCUT2D eigenvalue weighted by atomic mass is 79.9. The van der Waals surface area contributed by atoms with Crippen LogP contribution in [0, 0.1) is 0 Å². The van der Waals surface area contributed by atoms with E-state index in [0.717, 1.165) is 27.9 Å². The monoisotopic (exact) mass is 446 g/mol. The zero-order valence-electron chi connectivity index (χ0n) is 16.5. The van der Waals surface area contributed by atoms with Crippen molar-refractivity contribution in [2.75, 3.05) is 0 Å². The van der Waals surface area contributed by atoms with E-state index < -0.39 is 0 Å². The molecule has 2 aliphatic heterocycles. The van der Waals surface area contributed by atoms with Crippen LogP contribution in [0.25, 0.3) is 0 Å². The van der Waals surface area contributed by atoms with E-state index >= 15 is 0 Å². The highest BCUT2D eigenvalue weighted by Gasteiger charge is 2.41. The standard InChI is InChI=1S/C25H23BrN2O/c1-16(2)17-8-10-19(11-9-17)25-28-23(21-14-20(26)12-13-24(21)29-25)15-22(27-28)18-6-4-3-5-7-18/h3-14,16,23,25H,15H2,1-2H3/t23-,25+/m1/s1. The molecule has 0 amide bonds. The summed E-state index contributed by atoms with van der Waals surface area (Å²) >= 11 is 3.62. The molecule has 3 aromatic rings. The minimum atomic E-state index is -0.226. The van der Waals surface area contributed by atoms with Crippen molar-refractivity contribution in [2.24, 2.45) is 5.10 Å². The van der Waals surface area contributed by atoms with E-state index in [9.17, 15) is 0 Å². The summed E-state index contributed by atoms with van der Waals surface area (Å²) in [4.78, 5) is 0. The van der Waals surface area contributed by atoms with Crippen LogP contribution in [-0.2, 0) is 0 Å². The summed E-state index contributed by atoms with van der Waals surface area (Å²) in [5.41, 5.74) is 5.93. The minimum absolute atomic E-state index is 0.168. The molecular weight excluding hydrogens is 424 g/mol. The molecule has 0 unspecified atom stereocenters. The molecule has 0 aromatic heterocycles. The normalized spacial score (nSPS) is 20.1. The number of nitrogens with zero attached hydrogens (tertiary/aromatic N) is 2. The first-order valence-corrected chi connectivity index (χ1v) is 10.9. The summed E-state index contributed by atoms with van der Waals surface area (Å²) < 4.78 is 7.53. The SMILES string of the molecule is CC(C)c1ccc([C@@H]2Oc3ccc(Br)cc3[C@H]3CC(c4ccccc4)=NN32)cc1. The van der Waals surface area contributed by atoms with E-state index in [1.165, 1.54) is 16.7 Å². The second-order valence-electron chi connectivity index (χ2n) is 7.99. The highest BCUT2D eigenvalue weighted by molar-refractivity contribution is 9.10. The number of hydrazone groups is 1. The van der Waals surface area contributed by atoms with Gasteiger partial charge in [0, 0.05) is 22.0 Å². The quantitative estimate of drug-likeness (QED) is 0.440. The van der Waals surface area contributed by atoms with E-state index in [1.807, 2.05) is 12.1 Å². The van der Waals surface area contributed by atoms with Gasteiger partial charge in [-0.15, -0.1) is 0 Å². The van der Waals surface area contributed by atoms with Gasteiger partial charge < -0.3 is 4.74 Å². The van der Waals surface area contributed by atoms with Gasteiger partial charge in [0.15, 0.2) is 0 Å². The number of benzene rings is 3. The molecular formula is C25H23BrN2O. The fourth-order valence-corrected chi connectivity index (χ4v) is 4.51. The van der Waals surface area contributed by atoms with E-state index in [0.29, 0.717) is 5.92 Å². The molecule has 0 N–H and O–H groups in total. The number of halogens is 1. The van der Waals surface area contributed by atoms with Crippen LogP contribution >= 0.6 is 15.9 Å². The molecule has 3 aromatic carbocycles. The summed E-state index contributed by atoms with van der Waals surface area (Å²) in [7, 11) is 0. The number of ether oxygens (including phenoxy) is 1. The summed E-state index contributed by atoms with van der Waals surface area (Å²) in [6, 6.07) is 25.6. The van der Waals surface area contributed by atoms with Gasteiger partial charge in [-0.3, -0.25) is 0 Å². The first kappa shape index (κ1) is 18.4. The minimum Gasteiger partial charge on any atom is -0.464 e. The fraction of sp³-hybridized carbons (Fsp3) is 0.240. The summed E-state index contributed by atoms with van der Waals surface area (Å²) in [6.45, 7) is 4.43. The Kier molecular flexibility index (Phi) is 4.67. The van der Waals surface area contributed by atoms with Crippen molar-refractivity contribution in [3.05, 3.63) is 99.5 Å². The summed E-state index contributed by atoms with van der Waals surface area (Å²) in [6.07, 6.45) is 0.647. The molecule has 4 heteroatoms. The van der Waals surface area contributed by atoms with Crippen LogP contribution in [0.2, 0.25) is 0 Å². The Bertz CT molecular complexity index is 1060. The largest absolute Gasteiger partial charge is 0.464 e. The van der Waals surface area contributed by atoms with Gasteiger partial charge in [-0.25, -0.2) is 5.01 Å². The average molecular weight is 447 g/mol. The van der Waals surface area contributed by atoms with Crippen LogP contribution in [0.1, 0.15) is 60.7 Å². The number of rotatable bonds is 3. The Hall–Kier alpha value is -2.59. The zero-order chi connectivity index (χ0) is 20.0. The topological polar surface area (TPSA) is 24.8 Å². The molecule has 2 aliphatic rings. The van der Waals surface area contributed by atoms with Gasteiger partial charge in [-0.2, -0.15) is 5.10 Å². The second kappa shape index (κ2) is 7.34. The Labute approximate surface area is 180 Å². The van der Waals surface area contributed by atoms with Crippen LogP contribution in [0.15, 0.2) is 82.4 Å². The van der Waals surface area contributed by atoms with Gasteiger partial charge >= 0.3 is 0 Å². The van der Waals surface area contributed by atoms with Gasteiger partial charge in [-0.05, 0) is 35.2 Å². The maximum atomic E-state index is 6.47. The molecule has 3 nitrogen and oxygen atoms in total. The molecule has 0 saturated heterocycles. The molecule has 0 radical (unpaired) electrons. The Morgan fingerprint density at radius 2 is 1.76 bits per heavy atom. The highest BCUT2D eigenvalue weighted by Crippen LogP contribution is 2.48. The van der Waals surface area contributed by atoms with Crippen LogP contribution < -0.4 is 4.74 Å². The van der Waals surface area contributed by atoms with Crippen molar-refractivity contribution in [1.29, 1.82) is 0 Å². The van der Waals surface area contributed by atoms with Gasteiger partial charge in [0.1, 0.15) is 5.75 Å². The Morgan fingerprint density at radius 3 is 2.48 bits per heavy atom. The molecule has 146 valence electrons. The first-order chi connectivity index (χ1) is 14.1. The van der Waals surface area contributed by atoms with E-state index in [2.05, 4.69) is 95.5 Å². The smallest absolute Gasteiger partial charge is 0.213 e. The molecule has 2 atom stereocenters. The van der Waals surface area contributed by atoms with Gasteiger partial charge in [0.2, 0.25) is 6.23 Å². The van der Waals surface area contributed by atoms with E-state index in [-0.39, 0.29) is 12.3 Å². The van der Waals surface area contributed by atoms with Gasteiger partial charge in [0.25, 0.3) is 0 Å². The molecule has 0 saturated carbocycles. The third kappa shape index (κ3) is 3.36. The van der Waals surface area contributed by atoms with Crippen molar-refractivity contribution in [3.8, 4) is 5.75 Å². The summed E-state index contributed by atoms with van der Waals surface area (Å²) in [5.74, 6) is 1.45. The van der Waals surface area contributed by atoms with Crippen molar-refractivity contribution < 1.29 is 4.74 Å². The lowest BCUT2D eigenvalue weighted by molar-refractivity contribution is -0.0190. The lowest BCUT2D eigenvalue weighted by Crippen LogP contribution is -2.33. The third-order valence-corrected chi connectivity index (χ3v) is 6.24. The number of hydrogen-bond donors (Lipinski definition) is 0. The first-order valence-electron chi connectivity index (χ1n) is 10.1. The van der Waals surface area contributed by atoms with Crippen molar-refractivity contribution >= 4 is 21.6 Å². The fourth-order valence-electron chi connectivity index (χ4n) is 4.13. The Balaban J connectivity index is 1.57.